The van der Waals surface area contributed by atoms with Gasteiger partial charge in [-0.1, -0.05) is 18.0 Å². The molecule has 1 saturated heterocycles. The Hall–Kier alpha value is -1.40. The first kappa shape index (κ1) is 12.6. The molecule has 6 nitrogen and oxygen atoms in total. The quantitative estimate of drug-likeness (QED) is 0.852. The van der Waals surface area contributed by atoms with Crippen LogP contribution < -0.4 is 5.32 Å². The summed E-state index contributed by atoms with van der Waals surface area (Å²) in [5.74, 6) is 0.0358. The van der Waals surface area contributed by atoms with E-state index in [2.05, 4.69) is 10.5 Å². The van der Waals surface area contributed by atoms with Gasteiger partial charge in [-0.15, -0.1) is 0 Å². The third-order valence-corrected chi connectivity index (χ3v) is 4.13. The van der Waals surface area contributed by atoms with Gasteiger partial charge in [0.2, 0.25) is 0 Å². The van der Waals surface area contributed by atoms with Gasteiger partial charge >= 0.3 is 0 Å². The van der Waals surface area contributed by atoms with Gasteiger partial charge in [-0.05, 0) is 19.3 Å². The standard InChI is InChI=1S/C13H18N2O4/c16-8-9-7-10(15-19-9)12(17)14-11-3-6-18-13(11)4-1-2-5-13/h7,11,16H,1-6,8H2,(H,14,17)/t11-/m0/s1. The number of amides is 1. The fourth-order valence-corrected chi connectivity index (χ4v) is 3.14. The average molecular weight is 266 g/mol. The van der Waals surface area contributed by atoms with Crippen molar-refractivity contribution in [3.63, 3.8) is 0 Å². The first-order valence-electron chi connectivity index (χ1n) is 6.75. The molecule has 1 aliphatic heterocycles. The molecule has 19 heavy (non-hydrogen) atoms. The molecule has 0 bridgehead atoms. The molecule has 2 aliphatic rings. The number of ether oxygens (including phenoxy) is 1. The van der Waals surface area contributed by atoms with Crippen LogP contribution in [0.25, 0.3) is 0 Å². The maximum Gasteiger partial charge on any atom is 0.273 e. The van der Waals surface area contributed by atoms with Gasteiger partial charge in [0, 0.05) is 12.7 Å². The van der Waals surface area contributed by atoms with E-state index in [1.54, 1.807) is 0 Å². The normalized spacial score (nSPS) is 25.0. The summed E-state index contributed by atoms with van der Waals surface area (Å²) in [6.45, 7) is 0.447. The lowest BCUT2D eigenvalue weighted by molar-refractivity contribution is -0.00406. The highest BCUT2D eigenvalue weighted by molar-refractivity contribution is 5.92. The Morgan fingerprint density at radius 1 is 1.53 bits per heavy atom. The number of carbonyl (C=O) groups excluding carboxylic acids is 1. The van der Waals surface area contributed by atoms with Crippen LogP contribution in [0.4, 0.5) is 0 Å². The minimum absolute atomic E-state index is 0.0526. The largest absolute Gasteiger partial charge is 0.388 e. The van der Waals surface area contributed by atoms with Crippen molar-refractivity contribution in [3.05, 3.63) is 17.5 Å². The zero-order valence-electron chi connectivity index (χ0n) is 10.7. The van der Waals surface area contributed by atoms with Crippen LogP contribution in [-0.2, 0) is 11.3 Å². The van der Waals surface area contributed by atoms with Crippen LogP contribution in [0, 0.1) is 0 Å². The van der Waals surface area contributed by atoms with Crippen molar-refractivity contribution >= 4 is 5.91 Å². The fourth-order valence-electron chi connectivity index (χ4n) is 3.14. The molecule has 1 aromatic rings. The van der Waals surface area contributed by atoms with Crippen LogP contribution in [0.2, 0.25) is 0 Å². The Bertz CT molecular complexity index is 459. The number of aromatic nitrogens is 1. The van der Waals surface area contributed by atoms with E-state index in [9.17, 15) is 4.79 Å². The third kappa shape index (κ3) is 2.26. The molecule has 1 amide bonds. The Kier molecular flexibility index (Phi) is 3.28. The second-order valence-electron chi connectivity index (χ2n) is 5.27. The molecule has 104 valence electrons. The van der Waals surface area contributed by atoms with E-state index < -0.39 is 0 Å². The summed E-state index contributed by atoms with van der Waals surface area (Å²) >= 11 is 0. The molecule has 0 radical (unpaired) electrons. The van der Waals surface area contributed by atoms with Gasteiger partial charge in [0.25, 0.3) is 5.91 Å². The van der Waals surface area contributed by atoms with Crippen molar-refractivity contribution in [1.29, 1.82) is 0 Å². The van der Waals surface area contributed by atoms with E-state index in [1.165, 1.54) is 6.07 Å². The van der Waals surface area contributed by atoms with Crippen molar-refractivity contribution in [2.75, 3.05) is 6.61 Å². The molecule has 1 aliphatic carbocycles. The Morgan fingerprint density at radius 3 is 3.00 bits per heavy atom. The zero-order valence-corrected chi connectivity index (χ0v) is 10.7. The van der Waals surface area contributed by atoms with Crippen LogP contribution in [0.5, 0.6) is 0 Å². The first-order chi connectivity index (χ1) is 9.23. The molecule has 1 aromatic heterocycles. The number of nitrogens with zero attached hydrogens (tertiary/aromatic N) is 1. The van der Waals surface area contributed by atoms with Crippen LogP contribution in [0.3, 0.4) is 0 Å². The number of aliphatic hydroxyl groups excluding tert-OH is 1. The van der Waals surface area contributed by atoms with Gasteiger partial charge < -0.3 is 19.7 Å². The maximum absolute atomic E-state index is 12.1. The molecule has 0 unspecified atom stereocenters. The van der Waals surface area contributed by atoms with Gasteiger partial charge in [-0.3, -0.25) is 4.79 Å². The summed E-state index contributed by atoms with van der Waals surface area (Å²) in [5.41, 5.74) is 0.0447. The van der Waals surface area contributed by atoms with Crippen molar-refractivity contribution in [1.82, 2.24) is 10.5 Å². The van der Waals surface area contributed by atoms with Gasteiger partial charge in [0.15, 0.2) is 11.5 Å². The second kappa shape index (κ2) is 4.94. The number of carbonyl (C=O) groups is 1. The summed E-state index contributed by atoms with van der Waals surface area (Å²) in [5, 5.41) is 15.6. The lowest BCUT2D eigenvalue weighted by Gasteiger charge is -2.30. The van der Waals surface area contributed by atoms with E-state index in [1.807, 2.05) is 0 Å². The van der Waals surface area contributed by atoms with Gasteiger partial charge in [-0.25, -0.2) is 0 Å². The molecular formula is C13H18N2O4. The summed E-state index contributed by atoms with van der Waals surface area (Å²) in [4.78, 5) is 12.1. The average Bonchev–Trinajstić information content (AvgIpc) is 3.14. The maximum atomic E-state index is 12.1. The number of hydrogen-bond donors (Lipinski definition) is 2. The summed E-state index contributed by atoms with van der Waals surface area (Å²) in [7, 11) is 0. The van der Waals surface area contributed by atoms with Crippen LogP contribution in [-0.4, -0.2) is 34.4 Å². The zero-order chi connectivity index (χ0) is 13.3. The van der Waals surface area contributed by atoms with Crippen LogP contribution in [0.1, 0.15) is 48.4 Å². The van der Waals surface area contributed by atoms with Crippen molar-refractivity contribution in [2.45, 2.75) is 50.4 Å². The Balaban J connectivity index is 1.68. The number of nitrogens with one attached hydrogen (secondary N) is 1. The molecule has 2 fully saturated rings. The summed E-state index contributed by atoms with van der Waals surface area (Å²) in [6.07, 6.45) is 5.18. The molecule has 1 atom stereocenters. The predicted octanol–water partition coefficient (Wildman–Crippen LogP) is 0.998. The molecular weight excluding hydrogens is 248 g/mol. The van der Waals surface area contributed by atoms with Crippen molar-refractivity contribution in [3.8, 4) is 0 Å². The molecule has 1 saturated carbocycles. The van der Waals surface area contributed by atoms with Gasteiger partial charge in [-0.2, -0.15) is 0 Å². The summed E-state index contributed by atoms with van der Waals surface area (Å²) < 4.78 is 10.7. The van der Waals surface area contributed by atoms with Crippen LogP contribution >= 0.6 is 0 Å². The number of hydrogen-bond acceptors (Lipinski definition) is 5. The molecule has 2 heterocycles. The summed E-state index contributed by atoms with van der Waals surface area (Å²) in [6, 6.07) is 1.52. The number of rotatable bonds is 3. The highest BCUT2D eigenvalue weighted by Crippen LogP contribution is 2.41. The minimum Gasteiger partial charge on any atom is -0.388 e. The SMILES string of the molecule is O=C(N[C@H]1CCOC12CCCC2)c1cc(CO)on1. The smallest absolute Gasteiger partial charge is 0.273 e. The third-order valence-electron chi connectivity index (χ3n) is 4.13. The monoisotopic (exact) mass is 266 g/mol. The molecule has 1 spiro atoms. The molecule has 2 N–H and O–H groups in total. The Morgan fingerprint density at radius 2 is 2.32 bits per heavy atom. The molecule has 6 heteroatoms. The highest BCUT2D eigenvalue weighted by Gasteiger charge is 2.46. The fraction of sp³-hybridized carbons (Fsp3) is 0.692. The second-order valence-corrected chi connectivity index (χ2v) is 5.27. The van der Waals surface area contributed by atoms with E-state index in [-0.39, 0.29) is 29.9 Å². The van der Waals surface area contributed by atoms with E-state index >= 15 is 0 Å². The molecule has 0 aromatic carbocycles. The topological polar surface area (TPSA) is 84.6 Å². The van der Waals surface area contributed by atoms with E-state index in [0.29, 0.717) is 12.4 Å². The van der Waals surface area contributed by atoms with E-state index in [4.69, 9.17) is 14.4 Å². The van der Waals surface area contributed by atoms with Crippen molar-refractivity contribution in [2.24, 2.45) is 0 Å². The predicted molar refractivity (Wildman–Crippen MR) is 65.4 cm³/mol. The Labute approximate surface area is 111 Å². The highest BCUT2D eigenvalue weighted by atomic mass is 16.5. The van der Waals surface area contributed by atoms with Crippen LogP contribution in [0.15, 0.2) is 10.6 Å². The first-order valence-corrected chi connectivity index (χ1v) is 6.75. The van der Waals surface area contributed by atoms with Crippen molar-refractivity contribution < 1.29 is 19.2 Å². The van der Waals surface area contributed by atoms with Gasteiger partial charge in [0.1, 0.15) is 6.61 Å². The lowest BCUT2D eigenvalue weighted by Crippen LogP contribution is -2.48. The van der Waals surface area contributed by atoms with Gasteiger partial charge in [0.05, 0.1) is 11.6 Å². The molecule has 3 rings (SSSR count). The number of aliphatic hydroxyl groups is 1. The lowest BCUT2D eigenvalue weighted by atomic mass is 9.92. The van der Waals surface area contributed by atoms with E-state index in [0.717, 1.165) is 32.1 Å². The minimum atomic E-state index is -0.259.